The van der Waals surface area contributed by atoms with E-state index in [1.54, 1.807) is 12.1 Å². The third-order valence-electron chi connectivity index (χ3n) is 8.28. The highest BCUT2D eigenvalue weighted by molar-refractivity contribution is 5.99. The Kier molecular flexibility index (Phi) is 5.60. The molecular weight excluding hydrogens is 448 g/mol. The summed E-state index contributed by atoms with van der Waals surface area (Å²) >= 11 is 0. The molecule has 3 aromatic carbocycles. The van der Waals surface area contributed by atoms with Crippen LogP contribution in [0.1, 0.15) is 64.2 Å². The molecule has 3 aromatic rings. The lowest BCUT2D eigenvalue weighted by Crippen LogP contribution is -2.48. The first-order chi connectivity index (χ1) is 17.5. The minimum atomic E-state index is -0.266. The lowest BCUT2D eigenvalue weighted by atomic mass is 9.83. The quantitative estimate of drug-likeness (QED) is 0.418. The van der Waals surface area contributed by atoms with Crippen LogP contribution in [0, 0.1) is 24.2 Å². The lowest BCUT2D eigenvalue weighted by molar-refractivity contribution is 0.0505. The van der Waals surface area contributed by atoms with Gasteiger partial charge < -0.3 is 9.64 Å². The van der Waals surface area contributed by atoms with Crippen molar-refractivity contribution < 1.29 is 14.3 Å². The van der Waals surface area contributed by atoms with E-state index in [2.05, 4.69) is 30.3 Å². The summed E-state index contributed by atoms with van der Waals surface area (Å²) < 4.78 is 5.96. The van der Waals surface area contributed by atoms with Gasteiger partial charge in [0.1, 0.15) is 6.61 Å². The molecule has 2 bridgehead atoms. The molecule has 0 spiro atoms. The van der Waals surface area contributed by atoms with E-state index in [1.807, 2.05) is 42.2 Å². The second kappa shape index (κ2) is 8.95. The second-order valence-electron chi connectivity index (χ2n) is 10.3. The Labute approximate surface area is 211 Å². The summed E-state index contributed by atoms with van der Waals surface area (Å²) in [4.78, 5) is 28.6. The van der Waals surface area contributed by atoms with Gasteiger partial charge in [0.15, 0.2) is 5.78 Å². The van der Waals surface area contributed by atoms with Crippen molar-refractivity contribution >= 4 is 11.9 Å². The molecule has 1 aliphatic carbocycles. The Morgan fingerprint density at radius 3 is 2.17 bits per heavy atom. The molecule has 2 fully saturated rings. The van der Waals surface area contributed by atoms with E-state index < -0.39 is 0 Å². The van der Waals surface area contributed by atoms with Gasteiger partial charge in [-0.1, -0.05) is 54.6 Å². The largest absolute Gasteiger partial charge is 0.448 e. The van der Waals surface area contributed by atoms with Crippen LogP contribution in [0.25, 0.3) is 11.1 Å². The summed E-state index contributed by atoms with van der Waals surface area (Å²) in [6.45, 7) is 2.22. The molecule has 0 N–H and O–H groups in total. The van der Waals surface area contributed by atoms with Crippen molar-refractivity contribution in [2.75, 3.05) is 6.61 Å². The molecule has 180 valence electrons. The third-order valence-corrected chi connectivity index (χ3v) is 8.28. The summed E-state index contributed by atoms with van der Waals surface area (Å²) in [6.07, 6.45) is 2.83. The molecule has 3 aliphatic rings. The smallest absolute Gasteiger partial charge is 0.410 e. The molecule has 36 heavy (non-hydrogen) atoms. The fourth-order valence-corrected chi connectivity index (χ4v) is 6.53. The van der Waals surface area contributed by atoms with Crippen molar-refractivity contribution in [3.8, 4) is 17.2 Å². The molecule has 0 aromatic heterocycles. The Morgan fingerprint density at radius 2 is 1.56 bits per heavy atom. The van der Waals surface area contributed by atoms with Crippen molar-refractivity contribution in [2.45, 2.75) is 50.6 Å². The summed E-state index contributed by atoms with van der Waals surface area (Å²) in [5.41, 5.74) is 6.86. The number of fused-ring (bicyclic) bond motifs is 5. The van der Waals surface area contributed by atoms with Crippen molar-refractivity contribution in [2.24, 2.45) is 5.92 Å². The zero-order valence-corrected chi connectivity index (χ0v) is 20.3. The number of nitriles is 1. The molecule has 5 heteroatoms. The predicted molar refractivity (Wildman–Crippen MR) is 137 cm³/mol. The van der Waals surface area contributed by atoms with Gasteiger partial charge in [0.25, 0.3) is 0 Å². The molecule has 2 aliphatic heterocycles. The van der Waals surface area contributed by atoms with Crippen molar-refractivity contribution in [1.29, 1.82) is 5.26 Å². The van der Waals surface area contributed by atoms with Crippen LogP contribution in [-0.2, 0) is 4.74 Å². The molecule has 2 saturated heterocycles. The Hall–Kier alpha value is -3.91. The number of hydrogen-bond acceptors (Lipinski definition) is 4. The molecule has 2 atom stereocenters. The summed E-state index contributed by atoms with van der Waals surface area (Å²) in [6, 6.07) is 24.1. The first kappa shape index (κ1) is 22.5. The van der Waals surface area contributed by atoms with Crippen LogP contribution < -0.4 is 0 Å². The van der Waals surface area contributed by atoms with Crippen molar-refractivity contribution in [3.63, 3.8) is 0 Å². The highest BCUT2D eigenvalue weighted by atomic mass is 16.6. The number of nitrogens with zero attached hydrogens (tertiary/aromatic N) is 2. The molecule has 5 nitrogen and oxygen atoms in total. The molecule has 2 heterocycles. The third kappa shape index (κ3) is 3.69. The van der Waals surface area contributed by atoms with Crippen molar-refractivity contribution in [3.05, 3.63) is 94.5 Å². The van der Waals surface area contributed by atoms with Gasteiger partial charge in [-0.3, -0.25) is 4.79 Å². The Bertz CT molecular complexity index is 1350. The monoisotopic (exact) mass is 476 g/mol. The van der Waals surface area contributed by atoms with Crippen LogP contribution in [0.4, 0.5) is 4.79 Å². The van der Waals surface area contributed by atoms with Gasteiger partial charge in [-0.15, -0.1) is 0 Å². The highest BCUT2D eigenvalue weighted by Crippen LogP contribution is 2.45. The number of piperidine rings is 1. The van der Waals surface area contributed by atoms with Crippen LogP contribution in [-0.4, -0.2) is 35.5 Å². The average molecular weight is 477 g/mol. The van der Waals surface area contributed by atoms with E-state index in [4.69, 9.17) is 4.74 Å². The van der Waals surface area contributed by atoms with Gasteiger partial charge in [0.2, 0.25) is 0 Å². The van der Waals surface area contributed by atoms with Crippen molar-refractivity contribution in [1.82, 2.24) is 4.90 Å². The number of amides is 1. The summed E-state index contributed by atoms with van der Waals surface area (Å²) in [5.74, 6) is -0.00466. The maximum absolute atomic E-state index is 13.4. The van der Waals surface area contributed by atoms with Gasteiger partial charge in [0, 0.05) is 29.5 Å². The van der Waals surface area contributed by atoms with Crippen LogP contribution in [0.5, 0.6) is 0 Å². The molecular formula is C31H28N2O3. The lowest BCUT2D eigenvalue weighted by Gasteiger charge is -2.38. The number of Topliss-reactive ketones (excluding diaryl/α,β-unsaturated/α-hetero) is 1. The van der Waals surface area contributed by atoms with Gasteiger partial charge in [-0.2, -0.15) is 5.26 Å². The minimum Gasteiger partial charge on any atom is -0.448 e. The maximum atomic E-state index is 13.4. The number of carbonyl (C=O) groups is 2. The first-order valence-electron chi connectivity index (χ1n) is 12.7. The first-order valence-corrected chi connectivity index (χ1v) is 12.7. The number of aryl methyl sites for hydroxylation is 1. The normalized spacial score (nSPS) is 22.0. The van der Waals surface area contributed by atoms with Gasteiger partial charge in [-0.25, -0.2) is 4.79 Å². The number of carbonyl (C=O) groups excluding carboxylic acids is 2. The SMILES string of the molecule is Cc1ccc(C#N)cc1C(=O)C1CC2CCC(C1)N2C(=O)OCC1c2ccccc2-c2ccccc21. The molecule has 6 rings (SSSR count). The van der Waals surface area contributed by atoms with Gasteiger partial charge in [0.05, 0.1) is 11.6 Å². The van der Waals surface area contributed by atoms with E-state index in [9.17, 15) is 14.9 Å². The van der Waals surface area contributed by atoms with E-state index in [-0.39, 0.29) is 35.8 Å². The molecule has 0 saturated carbocycles. The summed E-state index contributed by atoms with van der Waals surface area (Å²) in [5, 5.41) is 9.25. The number of hydrogen-bond donors (Lipinski definition) is 0. The van der Waals surface area contributed by atoms with Crippen LogP contribution >= 0.6 is 0 Å². The standard InChI is InChI=1S/C31H28N2O3/c1-19-10-11-20(17-32)14-28(19)30(34)21-15-22-12-13-23(16-21)33(22)31(35)36-18-29-26-8-4-2-6-24(26)25-7-3-5-9-27(25)29/h2-11,14,21-23,29H,12-13,15-16,18H2,1H3. The maximum Gasteiger partial charge on any atom is 0.410 e. The average Bonchev–Trinajstić information content (AvgIpc) is 3.37. The number of rotatable bonds is 4. The number of ketones is 1. The number of ether oxygens (including phenoxy) is 1. The van der Waals surface area contributed by atoms with Gasteiger partial charge >= 0.3 is 6.09 Å². The van der Waals surface area contributed by atoms with Crippen LogP contribution in [0.2, 0.25) is 0 Å². The topological polar surface area (TPSA) is 70.4 Å². The highest BCUT2D eigenvalue weighted by Gasteiger charge is 2.46. The summed E-state index contributed by atoms with van der Waals surface area (Å²) in [7, 11) is 0. The van der Waals surface area contributed by atoms with E-state index in [0.717, 1.165) is 18.4 Å². The number of benzene rings is 3. The fourth-order valence-electron chi connectivity index (χ4n) is 6.53. The van der Waals surface area contributed by atoms with Crippen LogP contribution in [0.3, 0.4) is 0 Å². The zero-order chi connectivity index (χ0) is 24.8. The molecule has 0 radical (unpaired) electrons. The Balaban J connectivity index is 1.15. The van der Waals surface area contributed by atoms with Crippen LogP contribution in [0.15, 0.2) is 66.7 Å². The fraction of sp³-hybridized carbons (Fsp3) is 0.323. The second-order valence-corrected chi connectivity index (χ2v) is 10.3. The molecule has 1 amide bonds. The molecule has 2 unspecified atom stereocenters. The predicted octanol–water partition coefficient (Wildman–Crippen LogP) is 6.24. The van der Waals surface area contributed by atoms with E-state index in [0.29, 0.717) is 30.6 Å². The Morgan fingerprint density at radius 1 is 0.944 bits per heavy atom. The minimum absolute atomic E-state index is 0.0211. The van der Waals surface area contributed by atoms with E-state index >= 15 is 0 Å². The van der Waals surface area contributed by atoms with Gasteiger partial charge in [-0.05, 0) is 72.6 Å². The van der Waals surface area contributed by atoms with E-state index in [1.165, 1.54) is 22.3 Å². The zero-order valence-electron chi connectivity index (χ0n) is 20.3.